The van der Waals surface area contributed by atoms with Gasteiger partial charge < -0.3 is 19.5 Å². The van der Waals surface area contributed by atoms with Crippen molar-refractivity contribution in [3.63, 3.8) is 0 Å². The number of rotatable bonds is 3. The molecule has 7 nitrogen and oxygen atoms in total. The Balaban J connectivity index is 1.69. The minimum absolute atomic E-state index is 0.261. The molecule has 0 aliphatic carbocycles. The number of amides is 1. The molecule has 7 heteroatoms. The molecule has 1 aliphatic heterocycles. The van der Waals surface area contributed by atoms with Crippen LogP contribution in [-0.4, -0.2) is 42.4 Å². The number of nitrogens with one attached hydrogen (secondary N) is 1. The van der Waals surface area contributed by atoms with Crippen LogP contribution in [0.5, 0.6) is 0 Å². The number of anilines is 2. The van der Waals surface area contributed by atoms with Gasteiger partial charge in [-0.2, -0.15) is 0 Å². The largest absolute Gasteiger partial charge is 0.378 e. The summed E-state index contributed by atoms with van der Waals surface area (Å²) in [6, 6.07) is 3.74. The van der Waals surface area contributed by atoms with E-state index in [2.05, 4.69) is 20.4 Å². The summed E-state index contributed by atoms with van der Waals surface area (Å²) in [7, 11) is 0. The third-order valence-corrected chi connectivity index (χ3v) is 3.63. The van der Waals surface area contributed by atoms with E-state index in [-0.39, 0.29) is 5.91 Å². The van der Waals surface area contributed by atoms with Gasteiger partial charge in [0.2, 0.25) is 0 Å². The Bertz CT molecular complexity index is 640. The van der Waals surface area contributed by atoms with E-state index in [0.717, 1.165) is 32.0 Å². The molecule has 3 rings (SSSR count). The van der Waals surface area contributed by atoms with Crippen LogP contribution in [0, 0.1) is 13.8 Å². The molecule has 116 valence electrons. The van der Waals surface area contributed by atoms with E-state index in [0.29, 0.717) is 22.8 Å². The summed E-state index contributed by atoms with van der Waals surface area (Å²) in [5, 5.41) is 6.54. The van der Waals surface area contributed by atoms with Gasteiger partial charge in [-0.05, 0) is 26.0 Å². The van der Waals surface area contributed by atoms with Crippen molar-refractivity contribution < 1.29 is 14.1 Å². The highest BCUT2D eigenvalue weighted by Gasteiger charge is 2.18. The SMILES string of the molecule is Cc1noc(C)c1C(=O)Nc1ccc(N2CCOCC2)cn1. The maximum Gasteiger partial charge on any atom is 0.262 e. The molecule has 1 N–H and O–H groups in total. The van der Waals surface area contributed by atoms with Gasteiger partial charge >= 0.3 is 0 Å². The van der Waals surface area contributed by atoms with E-state index < -0.39 is 0 Å². The number of carbonyl (C=O) groups is 1. The molecule has 0 saturated carbocycles. The average molecular weight is 302 g/mol. The first kappa shape index (κ1) is 14.5. The van der Waals surface area contributed by atoms with Gasteiger partial charge in [0.1, 0.15) is 17.1 Å². The van der Waals surface area contributed by atoms with Crippen molar-refractivity contribution in [1.82, 2.24) is 10.1 Å². The number of hydrogen-bond donors (Lipinski definition) is 1. The number of ether oxygens (including phenoxy) is 1. The fraction of sp³-hybridized carbons (Fsp3) is 0.400. The lowest BCUT2D eigenvalue weighted by molar-refractivity contribution is 0.102. The van der Waals surface area contributed by atoms with Crippen molar-refractivity contribution in [1.29, 1.82) is 0 Å². The molecule has 1 saturated heterocycles. The van der Waals surface area contributed by atoms with E-state index >= 15 is 0 Å². The van der Waals surface area contributed by atoms with Gasteiger partial charge in [-0.15, -0.1) is 0 Å². The maximum atomic E-state index is 12.2. The van der Waals surface area contributed by atoms with Crippen LogP contribution in [0.3, 0.4) is 0 Å². The van der Waals surface area contributed by atoms with Crippen molar-refractivity contribution in [3.05, 3.63) is 35.3 Å². The van der Waals surface area contributed by atoms with E-state index in [1.54, 1.807) is 26.1 Å². The highest BCUT2D eigenvalue weighted by atomic mass is 16.5. The number of aromatic nitrogens is 2. The van der Waals surface area contributed by atoms with E-state index in [9.17, 15) is 4.79 Å². The van der Waals surface area contributed by atoms with E-state index in [4.69, 9.17) is 9.26 Å². The van der Waals surface area contributed by atoms with Gasteiger partial charge in [-0.25, -0.2) is 4.98 Å². The number of aryl methyl sites for hydroxylation is 2. The van der Waals surface area contributed by atoms with Crippen LogP contribution < -0.4 is 10.2 Å². The highest BCUT2D eigenvalue weighted by molar-refractivity contribution is 6.05. The summed E-state index contributed by atoms with van der Waals surface area (Å²) in [5.41, 5.74) is 2.05. The smallest absolute Gasteiger partial charge is 0.262 e. The van der Waals surface area contributed by atoms with E-state index in [1.807, 2.05) is 6.07 Å². The second-order valence-corrected chi connectivity index (χ2v) is 5.15. The molecule has 0 spiro atoms. The summed E-state index contributed by atoms with van der Waals surface area (Å²) in [6.45, 7) is 6.61. The molecule has 1 aliphatic rings. The lowest BCUT2D eigenvalue weighted by Crippen LogP contribution is -2.36. The van der Waals surface area contributed by atoms with Gasteiger partial charge in [0.05, 0.1) is 30.8 Å². The fourth-order valence-corrected chi connectivity index (χ4v) is 2.45. The number of carbonyl (C=O) groups excluding carboxylic acids is 1. The average Bonchev–Trinajstić information content (AvgIpc) is 2.88. The molecule has 22 heavy (non-hydrogen) atoms. The number of hydrogen-bond acceptors (Lipinski definition) is 6. The molecule has 1 amide bonds. The topological polar surface area (TPSA) is 80.5 Å². The molecular formula is C15H18N4O3. The lowest BCUT2D eigenvalue weighted by atomic mass is 10.2. The van der Waals surface area contributed by atoms with Crippen LogP contribution in [0.25, 0.3) is 0 Å². The predicted octanol–water partition coefficient (Wildman–Crippen LogP) is 1.78. The zero-order valence-corrected chi connectivity index (χ0v) is 12.6. The monoisotopic (exact) mass is 302 g/mol. The summed E-state index contributed by atoms with van der Waals surface area (Å²) in [4.78, 5) is 18.7. The summed E-state index contributed by atoms with van der Waals surface area (Å²) in [6.07, 6.45) is 1.76. The first-order valence-electron chi connectivity index (χ1n) is 7.18. The minimum Gasteiger partial charge on any atom is -0.378 e. The molecule has 0 unspecified atom stereocenters. The second kappa shape index (κ2) is 6.15. The highest BCUT2D eigenvalue weighted by Crippen LogP contribution is 2.18. The van der Waals surface area contributed by atoms with Gasteiger partial charge in [-0.1, -0.05) is 5.16 Å². The standard InChI is InChI=1S/C15H18N4O3/c1-10-14(11(2)22-18-10)15(20)17-13-4-3-12(9-16-13)19-5-7-21-8-6-19/h3-4,9H,5-8H2,1-2H3,(H,16,17,20). The zero-order valence-electron chi connectivity index (χ0n) is 12.6. The van der Waals surface area contributed by atoms with Crippen LogP contribution in [0.4, 0.5) is 11.5 Å². The van der Waals surface area contributed by atoms with Crippen molar-refractivity contribution in [2.75, 3.05) is 36.5 Å². The van der Waals surface area contributed by atoms with Crippen LogP contribution in [-0.2, 0) is 4.74 Å². The third kappa shape index (κ3) is 2.94. The van der Waals surface area contributed by atoms with Crippen molar-refractivity contribution in [2.45, 2.75) is 13.8 Å². The molecule has 0 bridgehead atoms. The summed E-state index contributed by atoms with van der Waals surface area (Å²) < 4.78 is 10.3. The Morgan fingerprint density at radius 2 is 2.05 bits per heavy atom. The van der Waals surface area contributed by atoms with Gasteiger partial charge in [0.15, 0.2) is 0 Å². The molecular weight excluding hydrogens is 284 g/mol. The first-order valence-corrected chi connectivity index (χ1v) is 7.18. The van der Waals surface area contributed by atoms with Crippen molar-refractivity contribution in [2.24, 2.45) is 0 Å². The fourth-order valence-electron chi connectivity index (χ4n) is 2.45. The molecule has 0 aromatic carbocycles. The number of morpholine rings is 1. The summed E-state index contributed by atoms with van der Waals surface area (Å²) >= 11 is 0. The Morgan fingerprint density at radius 3 is 2.64 bits per heavy atom. The second-order valence-electron chi connectivity index (χ2n) is 5.15. The minimum atomic E-state index is -0.261. The number of pyridine rings is 1. The molecule has 2 aromatic heterocycles. The van der Waals surface area contributed by atoms with Gasteiger partial charge in [0, 0.05) is 13.1 Å². The predicted molar refractivity (Wildman–Crippen MR) is 81.2 cm³/mol. The lowest BCUT2D eigenvalue weighted by Gasteiger charge is -2.28. The Labute approximate surface area is 128 Å². The molecule has 0 radical (unpaired) electrons. The summed E-state index contributed by atoms with van der Waals surface area (Å²) in [5.74, 6) is 0.741. The maximum absolute atomic E-state index is 12.2. The Hall–Kier alpha value is -2.41. The zero-order chi connectivity index (χ0) is 15.5. The molecule has 3 heterocycles. The normalized spacial score (nSPS) is 14.9. The molecule has 0 atom stereocenters. The Kier molecular flexibility index (Phi) is 4.06. The first-order chi connectivity index (χ1) is 10.6. The van der Waals surface area contributed by atoms with Gasteiger partial charge in [0.25, 0.3) is 5.91 Å². The van der Waals surface area contributed by atoms with E-state index in [1.165, 1.54) is 0 Å². The third-order valence-electron chi connectivity index (χ3n) is 3.63. The van der Waals surface area contributed by atoms with Gasteiger partial charge in [-0.3, -0.25) is 4.79 Å². The molecule has 1 fully saturated rings. The molecule has 2 aromatic rings. The van der Waals surface area contributed by atoms with Crippen LogP contribution in [0.1, 0.15) is 21.8 Å². The van der Waals surface area contributed by atoms with Crippen LogP contribution >= 0.6 is 0 Å². The van der Waals surface area contributed by atoms with Crippen molar-refractivity contribution >= 4 is 17.4 Å². The number of nitrogens with zero attached hydrogens (tertiary/aromatic N) is 3. The van der Waals surface area contributed by atoms with Crippen molar-refractivity contribution in [3.8, 4) is 0 Å². The Morgan fingerprint density at radius 1 is 1.27 bits per heavy atom. The van der Waals surface area contributed by atoms with Crippen LogP contribution in [0.15, 0.2) is 22.9 Å². The quantitative estimate of drug-likeness (QED) is 0.931. The van der Waals surface area contributed by atoms with Crippen LogP contribution in [0.2, 0.25) is 0 Å².